The number of rotatable bonds is 2. The summed E-state index contributed by atoms with van der Waals surface area (Å²) in [5.74, 6) is 0.830. The van der Waals surface area contributed by atoms with Crippen molar-refractivity contribution in [1.29, 1.82) is 5.26 Å². The van der Waals surface area contributed by atoms with Gasteiger partial charge in [-0.15, -0.1) is 0 Å². The number of aromatic nitrogens is 2. The molecule has 1 aliphatic heterocycles. The van der Waals surface area contributed by atoms with Crippen molar-refractivity contribution in [2.45, 2.75) is 20.8 Å². The SMILES string of the molecule is Cc1cc(C)n(C(=O)/C(C#N)=C/c2cc3c(cc2C)OCO3)n1. The quantitative estimate of drug-likeness (QED) is 0.629. The molecule has 116 valence electrons. The number of hydrogen-bond acceptors (Lipinski definition) is 5. The van der Waals surface area contributed by atoms with E-state index in [1.54, 1.807) is 32.1 Å². The minimum Gasteiger partial charge on any atom is -0.454 e. The highest BCUT2D eigenvalue weighted by molar-refractivity contribution is 6.03. The van der Waals surface area contributed by atoms with Crippen molar-refractivity contribution in [3.63, 3.8) is 0 Å². The first kappa shape index (κ1) is 14.9. The van der Waals surface area contributed by atoms with Crippen LogP contribution in [0.25, 0.3) is 6.08 Å². The highest BCUT2D eigenvalue weighted by Crippen LogP contribution is 2.35. The van der Waals surface area contributed by atoms with Gasteiger partial charge in [0.05, 0.1) is 5.69 Å². The van der Waals surface area contributed by atoms with Crippen LogP contribution < -0.4 is 9.47 Å². The molecule has 2 heterocycles. The van der Waals surface area contributed by atoms with E-state index in [9.17, 15) is 10.1 Å². The van der Waals surface area contributed by atoms with Crippen molar-refractivity contribution in [3.05, 3.63) is 46.3 Å². The average Bonchev–Trinajstić information content (AvgIpc) is 3.09. The lowest BCUT2D eigenvalue weighted by Gasteiger charge is -2.05. The van der Waals surface area contributed by atoms with Gasteiger partial charge in [-0.05, 0) is 56.2 Å². The maximum Gasteiger partial charge on any atom is 0.289 e. The molecular weight excluding hydrogens is 294 g/mol. The first-order valence-electron chi connectivity index (χ1n) is 7.09. The second-order valence-electron chi connectivity index (χ2n) is 5.38. The zero-order valence-corrected chi connectivity index (χ0v) is 13.1. The molecule has 1 aliphatic rings. The average molecular weight is 309 g/mol. The van der Waals surface area contributed by atoms with Gasteiger partial charge >= 0.3 is 0 Å². The van der Waals surface area contributed by atoms with Gasteiger partial charge in [-0.3, -0.25) is 4.79 Å². The summed E-state index contributed by atoms with van der Waals surface area (Å²) in [5.41, 5.74) is 3.06. The number of benzene rings is 1. The Morgan fingerprint density at radius 3 is 2.57 bits per heavy atom. The Morgan fingerprint density at radius 2 is 1.96 bits per heavy atom. The Hall–Kier alpha value is -3.07. The molecule has 0 N–H and O–H groups in total. The van der Waals surface area contributed by atoms with Gasteiger partial charge in [0.25, 0.3) is 5.91 Å². The molecule has 3 rings (SSSR count). The van der Waals surface area contributed by atoms with Crippen molar-refractivity contribution >= 4 is 12.0 Å². The van der Waals surface area contributed by atoms with Crippen LogP contribution in [0.3, 0.4) is 0 Å². The number of ether oxygens (including phenoxy) is 2. The van der Waals surface area contributed by atoms with E-state index in [2.05, 4.69) is 5.10 Å². The van der Waals surface area contributed by atoms with Crippen LogP contribution in [0.5, 0.6) is 11.5 Å². The third kappa shape index (κ3) is 2.69. The molecule has 0 fully saturated rings. The summed E-state index contributed by atoms with van der Waals surface area (Å²) >= 11 is 0. The highest BCUT2D eigenvalue weighted by Gasteiger charge is 2.18. The zero-order valence-electron chi connectivity index (χ0n) is 13.1. The number of aryl methyl sites for hydroxylation is 3. The molecule has 0 saturated heterocycles. The molecule has 6 heteroatoms. The highest BCUT2D eigenvalue weighted by atomic mass is 16.7. The lowest BCUT2D eigenvalue weighted by molar-refractivity contribution is 0.0943. The minimum absolute atomic E-state index is 0.0122. The van der Waals surface area contributed by atoms with Crippen molar-refractivity contribution in [1.82, 2.24) is 9.78 Å². The van der Waals surface area contributed by atoms with Crippen molar-refractivity contribution in [2.75, 3.05) is 6.79 Å². The fourth-order valence-corrected chi connectivity index (χ4v) is 2.46. The number of hydrogen-bond donors (Lipinski definition) is 0. The van der Waals surface area contributed by atoms with E-state index in [4.69, 9.17) is 9.47 Å². The predicted octanol–water partition coefficient (Wildman–Crippen LogP) is 2.78. The van der Waals surface area contributed by atoms with E-state index in [0.717, 1.165) is 16.8 Å². The monoisotopic (exact) mass is 309 g/mol. The van der Waals surface area contributed by atoms with Gasteiger partial charge in [0.1, 0.15) is 11.6 Å². The van der Waals surface area contributed by atoms with Crippen molar-refractivity contribution in [2.24, 2.45) is 0 Å². The third-order valence-corrected chi connectivity index (χ3v) is 3.61. The third-order valence-electron chi connectivity index (χ3n) is 3.61. The van der Waals surface area contributed by atoms with Crippen molar-refractivity contribution in [3.8, 4) is 17.6 Å². The van der Waals surface area contributed by atoms with E-state index in [1.807, 2.05) is 19.1 Å². The number of nitriles is 1. The summed E-state index contributed by atoms with van der Waals surface area (Å²) in [6.45, 7) is 5.64. The number of nitrogens with zero attached hydrogens (tertiary/aromatic N) is 3. The van der Waals surface area contributed by atoms with Crippen LogP contribution in [0.1, 0.15) is 27.3 Å². The normalized spacial score (nSPS) is 13.0. The number of fused-ring (bicyclic) bond motifs is 1. The molecule has 0 spiro atoms. The van der Waals surface area contributed by atoms with Crippen LogP contribution in [-0.2, 0) is 0 Å². The second kappa shape index (κ2) is 5.61. The van der Waals surface area contributed by atoms with Crippen LogP contribution in [0.15, 0.2) is 23.8 Å². The van der Waals surface area contributed by atoms with Gasteiger partial charge in [0.15, 0.2) is 11.5 Å². The molecule has 0 atom stereocenters. The number of carbonyl (C=O) groups is 1. The lowest BCUT2D eigenvalue weighted by atomic mass is 10.0. The fourth-order valence-electron chi connectivity index (χ4n) is 2.46. The molecule has 0 aliphatic carbocycles. The number of carbonyl (C=O) groups excluding carboxylic acids is 1. The fraction of sp³-hybridized carbons (Fsp3) is 0.235. The predicted molar refractivity (Wildman–Crippen MR) is 83.2 cm³/mol. The van der Waals surface area contributed by atoms with Crippen molar-refractivity contribution < 1.29 is 14.3 Å². The van der Waals surface area contributed by atoms with Gasteiger partial charge in [-0.25, -0.2) is 4.68 Å². The summed E-state index contributed by atoms with van der Waals surface area (Å²) in [7, 11) is 0. The van der Waals surface area contributed by atoms with E-state index in [1.165, 1.54) is 4.68 Å². The summed E-state index contributed by atoms with van der Waals surface area (Å²) in [4.78, 5) is 12.5. The van der Waals surface area contributed by atoms with Gasteiger partial charge in [-0.1, -0.05) is 0 Å². The molecular formula is C17H15N3O3. The Labute approximate surface area is 133 Å². The van der Waals surface area contributed by atoms with Crippen LogP contribution in [0.2, 0.25) is 0 Å². The molecule has 0 bridgehead atoms. The van der Waals surface area contributed by atoms with Crippen LogP contribution in [0, 0.1) is 32.1 Å². The topological polar surface area (TPSA) is 77.1 Å². The minimum atomic E-state index is -0.449. The first-order chi connectivity index (χ1) is 11.0. The van der Waals surface area contributed by atoms with Gasteiger partial charge in [0, 0.05) is 5.69 Å². The Kier molecular flexibility index (Phi) is 3.62. The Balaban J connectivity index is 2.01. The van der Waals surface area contributed by atoms with Crippen LogP contribution >= 0.6 is 0 Å². The molecule has 0 unspecified atom stereocenters. The molecule has 1 aromatic heterocycles. The second-order valence-corrected chi connectivity index (χ2v) is 5.38. The standard InChI is InChI=1S/C17H15N3O3/c1-10-4-15-16(23-9-22-15)7-13(10)6-14(8-18)17(21)20-12(3)5-11(2)19-20/h4-7H,9H2,1-3H3/b14-6+. The summed E-state index contributed by atoms with van der Waals surface area (Å²) in [6, 6.07) is 7.35. The molecule has 6 nitrogen and oxygen atoms in total. The van der Waals surface area contributed by atoms with Crippen LogP contribution in [-0.4, -0.2) is 22.5 Å². The smallest absolute Gasteiger partial charge is 0.289 e. The van der Waals surface area contributed by atoms with E-state index in [-0.39, 0.29) is 12.4 Å². The summed E-state index contributed by atoms with van der Waals surface area (Å²) in [5, 5.41) is 13.5. The zero-order chi connectivity index (χ0) is 16.6. The number of allylic oxidation sites excluding steroid dienone is 1. The summed E-state index contributed by atoms with van der Waals surface area (Å²) in [6.07, 6.45) is 1.55. The largest absolute Gasteiger partial charge is 0.454 e. The Morgan fingerprint density at radius 1 is 1.26 bits per heavy atom. The molecule has 23 heavy (non-hydrogen) atoms. The Bertz CT molecular complexity index is 872. The molecule has 0 amide bonds. The van der Waals surface area contributed by atoms with E-state index in [0.29, 0.717) is 17.2 Å². The summed E-state index contributed by atoms with van der Waals surface area (Å²) < 4.78 is 11.9. The molecule has 1 aromatic carbocycles. The molecule has 0 radical (unpaired) electrons. The maximum absolute atomic E-state index is 12.5. The van der Waals surface area contributed by atoms with E-state index < -0.39 is 5.91 Å². The lowest BCUT2D eigenvalue weighted by Crippen LogP contribution is -2.15. The molecule has 0 saturated carbocycles. The van der Waals surface area contributed by atoms with Gasteiger partial charge < -0.3 is 9.47 Å². The van der Waals surface area contributed by atoms with Gasteiger partial charge in [-0.2, -0.15) is 10.4 Å². The maximum atomic E-state index is 12.5. The molecule has 2 aromatic rings. The van der Waals surface area contributed by atoms with E-state index >= 15 is 0 Å². The van der Waals surface area contributed by atoms with Gasteiger partial charge in [0.2, 0.25) is 6.79 Å². The first-order valence-corrected chi connectivity index (χ1v) is 7.09. The van der Waals surface area contributed by atoms with Crippen LogP contribution in [0.4, 0.5) is 0 Å².